The van der Waals surface area contributed by atoms with Gasteiger partial charge >= 0.3 is 0 Å². The van der Waals surface area contributed by atoms with Gasteiger partial charge in [0.05, 0.1) is 10.6 Å². The molecule has 0 bridgehead atoms. The van der Waals surface area contributed by atoms with Crippen molar-refractivity contribution in [3.05, 3.63) is 34.4 Å². The molecule has 0 spiro atoms. The summed E-state index contributed by atoms with van der Waals surface area (Å²) in [6, 6.07) is 1.57. The summed E-state index contributed by atoms with van der Waals surface area (Å²) in [5, 5.41) is 2.44. The topological polar surface area (TPSA) is 55.1 Å². The second kappa shape index (κ2) is 6.51. The van der Waals surface area contributed by atoms with Crippen LogP contribution in [0.1, 0.15) is 23.2 Å². The highest BCUT2D eigenvalue weighted by Gasteiger charge is 2.14. The van der Waals surface area contributed by atoms with E-state index in [4.69, 9.17) is 17.3 Å². The Morgan fingerprint density at radius 1 is 1.29 bits per heavy atom. The number of nitrogens with two attached hydrogens (primary N) is 1. The number of hydrogen-bond acceptors (Lipinski definition) is 2. The average molecular weight is 263 g/mol. The van der Waals surface area contributed by atoms with Crippen molar-refractivity contribution < 1.29 is 13.6 Å². The second-order valence-electron chi connectivity index (χ2n) is 3.50. The highest BCUT2D eigenvalue weighted by molar-refractivity contribution is 6.33. The van der Waals surface area contributed by atoms with Crippen LogP contribution in [-0.4, -0.2) is 19.0 Å². The summed E-state index contributed by atoms with van der Waals surface area (Å²) in [7, 11) is 0. The zero-order valence-corrected chi connectivity index (χ0v) is 9.86. The number of carbonyl (C=O) groups excluding carboxylic acids is 1. The molecule has 0 atom stereocenters. The Morgan fingerprint density at radius 2 is 1.94 bits per heavy atom. The van der Waals surface area contributed by atoms with Crippen molar-refractivity contribution in [2.75, 3.05) is 13.1 Å². The first kappa shape index (κ1) is 13.9. The molecule has 0 saturated carbocycles. The predicted octanol–water partition coefficient (Wildman–Crippen LogP) is 2.09. The van der Waals surface area contributed by atoms with Crippen LogP contribution in [0.4, 0.5) is 8.78 Å². The van der Waals surface area contributed by atoms with Gasteiger partial charge in [0.2, 0.25) is 0 Å². The Hall–Kier alpha value is -1.20. The molecule has 0 heterocycles. The van der Waals surface area contributed by atoms with Crippen LogP contribution >= 0.6 is 11.6 Å². The summed E-state index contributed by atoms with van der Waals surface area (Å²) in [6.45, 7) is 0.965. The van der Waals surface area contributed by atoms with Crippen molar-refractivity contribution in [1.82, 2.24) is 5.32 Å². The molecule has 0 aliphatic heterocycles. The van der Waals surface area contributed by atoms with Crippen molar-refractivity contribution in [2.24, 2.45) is 5.73 Å². The lowest BCUT2D eigenvalue weighted by molar-refractivity contribution is 0.0952. The summed E-state index contributed by atoms with van der Waals surface area (Å²) in [6.07, 6.45) is 1.51. The minimum absolute atomic E-state index is 0.0710. The van der Waals surface area contributed by atoms with Crippen molar-refractivity contribution in [2.45, 2.75) is 12.8 Å². The Labute approximate surface area is 103 Å². The number of carbonyl (C=O) groups is 1. The molecule has 0 saturated heterocycles. The summed E-state index contributed by atoms with van der Waals surface area (Å²) in [4.78, 5) is 11.6. The number of hydrogen-bond donors (Lipinski definition) is 2. The SMILES string of the molecule is NCCCCNC(=O)c1cc(F)c(F)cc1Cl. The van der Waals surface area contributed by atoms with Gasteiger partial charge in [0.25, 0.3) is 5.91 Å². The third-order valence-corrected chi connectivity index (χ3v) is 2.48. The zero-order chi connectivity index (χ0) is 12.8. The number of unbranched alkanes of at least 4 members (excludes halogenated alkanes) is 1. The minimum Gasteiger partial charge on any atom is -0.352 e. The second-order valence-corrected chi connectivity index (χ2v) is 3.91. The van der Waals surface area contributed by atoms with Crippen LogP contribution in [0.25, 0.3) is 0 Å². The Morgan fingerprint density at radius 3 is 2.59 bits per heavy atom. The molecular weight excluding hydrogens is 250 g/mol. The van der Waals surface area contributed by atoms with Gasteiger partial charge in [-0.15, -0.1) is 0 Å². The zero-order valence-electron chi connectivity index (χ0n) is 9.10. The summed E-state index contributed by atoms with van der Waals surface area (Å²) >= 11 is 5.65. The molecule has 3 nitrogen and oxygen atoms in total. The standard InChI is InChI=1S/C11H13ClF2N2O/c12-8-6-10(14)9(13)5-7(8)11(17)16-4-2-1-3-15/h5-6H,1-4,15H2,(H,16,17). The molecule has 1 aromatic carbocycles. The molecule has 1 rings (SSSR count). The highest BCUT2D eigenvalue weighted by Crippen LogP contribution is 2.19. The third kappa shape index (κ3) is 3.94. The predicted molar refractivity (Wildman–Crippen MR) is 62.0 cm³/mol. The first-order valence-electron chi connectivity index (χ1n) is 5.19. The van der Waals surface area contributed by atoms with E-state index in [9.17, 15) is 13.6 Å². The third-order valence-electron chi connectivity index (χ3n) is 2.17. The van der Waals surface area contributed by atoms with Crippen molar-refractivity contribution in [3.8, 4) is 0 Å². The van der Waals surface area contributed by atoms with Gasteiger partial charge < -0.3 is 11.1 Å². The van der Waals surface area contributed by atoms with Crippen LogP contribution < -0.4 is 11.1 Å². The summed E-state index contributed by atoms with van der Waals surface area (Å²) < 4.78 is 25.7. The first-order valence-corrected chi connectivity index (χ1v) is 5.57. The van der Waals surface area contributed by atoms with Crippen molar-refractivity contribution in [3.63, 3.8) is 0 Å². The molecule has 17 heavy (non-hydrogen) atoms. The minimum atomic E-state index is -1.10. The Balaban J connectivity index is 2.66. The molecule has 1 amide bonds. The van der Waals surface area contributed by atoms with Crippen molar-refractivity contribution in [1.29, 1.82) is 0 Å². The van der Waals surface area contributed by atoms with Gasteiger partial charge in [-0.3, -0.25) is 4.79 Å². The number of halogens is 3. The molecule has 0 aliphatic rings. The van der Waals surface area contributed by atoms with Crippen LogP contribution in [0, 0.1) is 11.6 Å². The van der Waals surface area contributed by atoms with Gasteiger partial charge in [-0.1, -0.05) is 11.6 Å². The van der Waals surface area contributed by atoms with Gasteiger partial charge in [-0.25, -0.2) is 8.78 Å². The molecule has 0 unspecified atom stereocenters. The molecule has 0 fully saturated rings. The largest absolute Gasteiger partial charge is 0.352 e. The first-order chi connectivity index (χ1) is 8.06. The molecule has 1 aromatic rings. The normalized spacial score (nSPS) is 10.4. The van der Waals surface area contributed by atoms with E-state index in [0.717, 1.165) is 25.0 Å². The smallest absolute Gasteiger partial charge is 0.252 e. The van der Waals surface area contributed by atoms with Crippen molar-refractivity contribution >= 4 is 17.5 Å². The summed E-state index contributed by atoms with van der Waals surface area (Å²) in [5.74, 6) is -2.69. The van der Waals surface area contributed by atoms with Gasteiger partial charge in [0.15, 0.2) is 11.6 Å². The highest BCUT2D eigenvalue weighted by atomic mass is 35.5. The maximum atomic E-state index is 12.9. The van der Waals surface area contributed by atoms with Crippen LogP contribution in [0.5, 0.6) is 0 Å². The quantitative estimate of drug-likeness (QED) is 0.631. The monoisotopic (exact) mass is 262 g/mol. The van der Waals surface area contributed by atoms with Crippen LogP contribution in [0.3, 0.4) is 0 Å². The Bertz CT molecular complexity index is 413. The number of amides is 1. The van der Waals surface area contributed by atoms with E-state index in [-0.39, 0.29) is 10.6 Å². The number of nitrogens with one attached hydrogen (secondary N) is 1. The summed E-state index contributed by atoms with van der Waals surface area (Å²) in [5.41, 5.74) is 5.22. The fraction of sp³-hybridized carbons (Fsp3) is 0.364. The van der Waals surface area contributed by atoms with Crippen LogP contribution in [0.2, 0.25) is 5.02 Å². The molecular formula is C11H13ClF2N2O. The van der Waals surface area contributed by atoms with Gasteiger partial charge in [0, 0.05) is 6.54 Å². The molecule has 0 radical (unpaired) electrons. The molecule has 3 N–H and O–H groups in total. The maximum Gasteiger partial charge on any atom is 0.252 e. The average Bonchev–Trinajstić information content (AvgIpc) is 2.29. The van der Waals surface area contributed by atoms with Crippen LogP contribution in [-0.2, 0) is 0 Å². The van der Waals surface area contributed by atoms with E-state index < -0.39 is 17.5 Å². The van der Waals surface area contributed by atoms with E-state index >= 15 is 0 Å². The van der Waals surface area contributed by atoms with Gasteiger partial charge in [-0.05, 0) is 31.5 Å². The lowest BCUT2D eigenvalue weighted by Crippen LogP contribution is -2.25. The molecule has 0 aliphatic carbocycles. The van der Waals surface area contributed by atoms with Gasteiger partial charge in [-0.2, -0.15) is 0 Å². The fourth-order valence-corrected chi connectivity index (χ4v) is 1.50. The molecule has 0 aromatic heterocycles. The van der Waals surface area contributed by atoms with E-state index in [1.807, 2.05) is 0 Å². The van der Waals surface area contributed by atoms with E-state index in [1.165, 1.54) is 0 Å². The maximum absolute atomic E-state index is 12.9. The number of benzene rings is 1. The lowest BCUT2D eigenvalue weighted by Gasteiger charge is -2.06. The van der Waals surface area contributed by atoms with Crippen LogP contribution in [0.15, 0.2) is 12.1 Å². The van der Waals surface area contributed by atoms with E-state index in [2.05, 4.69) is 5.32 Å². The fourth-order valence-electron chi connectivity index (χ4n) is 1.26. The Kier molecular flexibility index (Phi) is 5.31. The molecule has 6 heteroatoms. The molecule has 94 valence electrons. The number of rotatable bonds is 5. The van der Waals surface area contributed by atoms with Gasteiger partial charge in [0.1, 0.15) is 0 Å². The van der Waals surface area contributed by atoms with E-state index in [1.54, 1.807) is 0 Å². The lowest BCUT2D eigenvalue weighted by atomic mass is 10.2. The van der Waals surface area contributed by atoms with E-state index in [0.29, 0.717) is 13.1 Å².